The highest BCUT2D eigenvalue weighted by molar-refractivity contribution is 6.33. The Morgan fingerprint density at radius 1 is 0.568 bits per heavy atom. The van der Waals surface area contributed by atoms with Gasteiger partial charge in [-0.3, -0.25) is 54.4 Å². The average Bonchev–Trinajstić information content (AvgIpc) is 1.99. The van der Waals surface area contributed by atoms with Crippen molar-refractivity contribution >= 4 is 46.2 Å². The zero-order chi connectivity index (χ0) is 62.7. The van der Waals surface area contributed by atoms with E-state index in [9.17, 15) is 25.0 Å². The van der Waals surface area contributed by atoms with Gasteiger partial charge in [0.25, 0.3) is 0 Å². The maximum absolute atomic E-state index is 11.8. The molecule has 28 heteroatoms. The second-order valence-electron chi connectivity index (χ2n) is 21.3. The monoisotopic (exact) mass is 1240 g/mol. The highest BCUT2D eigenvalue weighted by atomic mass is 35.5. The molecule has 0 bridgehead atoms. The Balaban J connectivity index is 0.000000146. The van der Waals surface area contributed by atoms with Gasteiger partial charge in [-0.1, -0.05) is 29.8 Å². The van der Waals surface area contributed by atoms with Crippen molar-refractivity contribution in [3.63, 3.8) is 0 Å². The summed E-state index contributed by atoms with van der Waals surface area (Å²) in [5.74, 6) is 4.43. The van der Waals surface area contributed by atoms with Crippen LogP contribution in [0.25, 0.3) is 34.2 Å². The van der Waals surface area contributed by atoms with E-state index in [4.69, 9.17) is 51.6 Å². The maximum Gasteiger partial charge on any atom is 0.316 e. The number of aromatic nitrogens is 12. The molecule has 0 radical (unpaired) electrons. The van der Waals surface area contributed by atoms with Gasteiger partial charge in [0.05, 0.1) is 74.4 Å². The number of ether oxygens (including phenoxy) is 6. The molecule has 6 heterocycles. The fourth-order valence-corrected chi connectivity index (χ4v) is 12.6. The standard InChI is InChI=1S/C22H24ClN5O3.C19H20ClN5O4.C19H21N5O4/c1-5-19(29)25-17-11-24-28(2)22(17)21-14-7-6-12(8-16(14)26-27-21)15-9-13(30-3)10-18(31-4)20(15)23;1-24-19(15(9-21-24)25(26)27)18-12-5-4-10(6-14(12)22-23-18)13-7-11(28-2)8-16(29-3)17(13)20;1-23-19(17(10-20-23)24(25)26)18-15-5-4-11(8-16(15)21-22-18)12-6-13(27-2)9-14(7-12)28-3/h5,9-12H,1,6-8H2,2-4H3,(H,25,29)(H,26,27);7-10H,4-6H2,1-3H3,(H,22,23);6-7,9-11H,4-5,8H2,1-3H3,(H,21,22). The number of nitrogens with one attached hydrogen (secondary N) is 4. The fourth-order valence-electron chi connectivity index (χ4n) is 12.0. The molecule has 12 rings (SSSR count). The number of halogens is 2. The fraction of sp³-hybridized carbons (Fsp3) is 0.350. The van der Waals surface area contributed by atoms with E-state index < -0.39 is 9.85 Å². The molecular weight excluding hydrogens is 1180 g/mol. The molecule has 0 saturated carbocycles. The molecule has 6 aromatic heterocycles. The first-order valence-electron chi connectivity index (χ1n) is 28.0. The Bertz CT molecular complexity index is 4080. The number of hydrogen-bond donors (Lipinski definition) is 4. The van der Waals surface area contributed by atoms with Gasteiger partial charge in [-0.2, -0.15) is 30.6 Å². The number of carbonyl (C=O) groups excluding carboxylic acids is 1. The van der Waals surface area contributed by atoms with Crippen LogP contribution in [-0.4, -0.2) is 118 Å². The third-order valence-electron chi connectivity index (χ3n) is 16.4. The number of nitro groups is 2. The third-order valence-corrected chi connectivity index (χ3v) is 17.3. The van der Waals surface area contributed by atoms with Crippen molar-refractivity contribution in [3.8, 4) is 68.7 Å². The number of hydrogen-bond acceptors (Lipinski definition) is 17. The largest absolute Gasteiger partial charge is 0.497 e. The second kappa shape index (κ2) is 26.1. The van der Waals surface area contributed by atoms with Gasteiger partial charge in [0.15, 0.2) is 11.4 Å². The van der Waals surface area contributed by atoms with Gasteiger partial charge in [-0.05, 0) is 123 Å². The first-order valence-corrected chi connectivity index (χ1v) is 28.7. The minimum Gasteiger partial charge on any atom is -0.497 e. The van der Waals surface area contributed by atoms with E-state index in [1.165, 1.54) is 27.8 Å². The zero-order valence-electron chi connectivity index (χ0n) is 49.8. The highest BCUT2D eigenvalue weighted by Gasteiger charge is 2.35. The lowest BCUT2D eigenvalue weighted by Gasteiger charge is -2.25. The Morgan fingerprint density at radius 3 is 1.34 bits per heavy atom. The van der Waals surface area contributed by atoms with Crippen LogP contribution in [0.1, 0.15) is 87.5 Å². The van der Waals surface area contributed by atoms with Gasteiger partial charge in [0, 0.05) is 73.1 Å². The third kappa shape index (κ3) is 12.1. The molecule has 4 N–H and O–H groups in total. The zero-order valence-corrected chi connectivity index (χ0v) is 51.3. The predicted octanol–water partition coefficient (Wildman–Crippen LogP) is 10.5. The van der Waals surface area contributed by atoms with E-state index in [0.29, 0.717) is 74.3 Å². The molecule has 0 fully saturated rings. The first kappa shape index (κ1) is 61.4. The topological polar surface area (TPSA) is 310 Å². The Labute approximate surface area is 514 Å². The van der Waals surface area contributed by atoms with Gasteiger partial charge < -0.3 is 33.7 Å². The predicted molar refractivity (Wildman–Crippen MR) is 327 cm³/mol. The number of anilines is 1. The SMILES string of the molecule is C=CC(=O)Nc1cnn(C)c1-c1n[nH]c2c1CCC(c1cc(OC)cc(OC)c1Cl)C2.COc1cc(OC)c(Cl)c(C2CCc3c(-c4c([N+](=O)[O-])cnn4C)n[nH]c3C2)c1.COc1cc(OC)cc(C2CCc3c(-c4c([N+](=O)[O-])cnn4C)n[nH]c3C2)c1. The van der Waals surface area contributed by atoms with Gasteiger partial charge in [-0.25, -0.2) is 0 Å². The summed E-state index contributed by atoms with van der Waals surface area (Å²) >= 11 is 13.2. The van der Waals surface area contributed by atoms with E-state index in [0.717, 1.165) is 118 Å². The van der Waals surface area contributed by atoms with Crippen LogP contribution in [0.15, 0.2) is 73.7 Å². The number of rotatable bonds is 16. The molecule has 88 heavy (non-hydrogen) atoms. The van der Waals surface area contributed by atoms with Crippen LogP contribution in [0.4, 0.5) is 17.1 Å². The molecule has 3 aliphatic carbocycles. The molecule has 26 nitrogen and oxygen atoms in total. The van der Waals surface area contributed by atoms with Gasteiger partial charge in [0.2, 0.25) is 5.91 Å². The molecule has 0 spiro atoms. The molecule has 3 unspecified atom stereocenters. The second-order valence-corrected chi connectivity index (χ2v) is 22.0. The van der Waals surface area contributed by atoms with Crippen LogP contribution in [0, 0.1) is 20.2 Å². The summed E-state index contributed by atoms with van der Waals surface area (Å²) in [5, 5.41) is 61.8. The lowest BCUT2D eigenvalue weighted by Crippen LogP contribution is -2.14. The number of aromatic amines is 3. The molecular formula is C60H65Cl2N15O11. The van der Waals surface area contributed by atoms with Crippen LogP contribution in [0.3, 0.4) is 0 Å². The van der Waals surface area contributed by atoms with Crippen LogP contribution < -0.4 is 33.7 Å². The summed E-state index contributed by atoms with van der Waals surface area (Å²) in [4.78, 5) is 33.7. The first-order chi connectivity index (χ1) is 42.4. The van der Waals surface area contributed by atoms with Crippen molar-refractivity contribution in [2.75, 3.05) is 48.0 Å². The summed E-state index contributed by atoms with van der Waals surface area (Å²) in [6, 6.07) is 13.4. The molecule has 3 aromatic carbocycles. The van der Waals surface area contributed by atoms with Gasteiger partial charge >= 0.3 is 11.4 Å². The molecule has 3 atom stereocenters. The van der Waals surface area contributed by atoms with Crippen molar-refractivity contribution in [2.24, 2.45) is 21.1 Å². The molecule has 0 aliphatic heterocycles. The van der Waals surface area contributed by atoms with Crippen molar-refractivity contribution in [1.29, 1.82) is 0 Å². The quantitative estimate of drug-likeness (QED) is 0.0397. The van der Waals surface area contributed by atoms with Crippen molar-refractivity contribution < 1.29 is 43.1 Å². The summed E-state index contributed by atoms with van der Waals surface area (Å²) in [6.07, 6.45) is 12.5. The van der Waals surface area contributed by atoms with E-state index in [-0.39, 0.29) is 35.0 Å². The minimum absolute atomic E-state index is 0.0311. The summed E-state index contributed by atoms with van der Waals surface area (Å²) in [5.41, 5.74) is 13.3. The molecule has 0 saturated heterocycles. The van der Waals surface area contributed by atoms with Crippen molar-refractivity contribution in [3.05, 3.63) is 154 Å². The van der Waals surface area contributed by atoms with E-state index in [1.807, 2.05) is 37.4 Å². The van der Waals surface area contributed by atoms with Gasteiger partial charge in [0.1, 0.15) is 69.7 Å². The van der Waals surface area contributed by atoms with E-state index in [2.05, 4.69) is 57.8 Å². The Morgan fingerprint density at radius 2 is 0.943 bits per heavy atom. The van der Waals surface area contributed by atoms with Crippen LogP contribution in [0.5, 0.6) is 34.5 Å². The Hall–Kier alpha value is -9.69. The molecule has 1 amide bonds. The maximum atomic E-state index is 11.8. The van der Waals surface area contributed by atoms with Crippen molar-refractivity contribution in [2.45, 2.75) is 75.5 Å². The Kier molecular flexibility index (Phi) is 18.2. The molecule has 9 aromatic rings. The molecule has 460 valence electrons. The summed E-state index contributed by atoms with van der Waals surface area (Å²) in [6.45, 7) is 3.51. The number of methoxy groups -OCH3 is 6. The van der Waals surface area contributed by atoms with E-state index >= 15 is 0 Å². The van der Waals surface area contributed by atoms with Crippen molar-refractivity contribution in [1.82, 2.24) is 59.9 Å². The number of fused-ring (bicyclic) bond motifs is 3. The summed E-state index contributed by atoms with van der Waals surface area (Å²) < 4.78 is 37.1. The van der Waals surface area contributed by atoms with Crippen LogP contribution in [-0.2, 0) is 64.5 Å². The van der Waals surface area contributed by atoms with E-state index in [1.54, 1.807) is 79.8 Å². The minimum atomic E-state index is -0.433. The number of H-pyrrole nitrogens is 3. The lowest BCUT2D eigenvalue weighted by molar-refractivity contribution is -0.384. The number of carbonyl (C=O) groups is 1. The smallest absolute Gasteiger partial charge is 0.316 e. The number of amides is 1. The normalized spacial score (nSPS) is 15.6. The highest BCUT2D eigenvalue weighted by Crippen LogP contribution is 2.47. The average molecular weight is 1240 g/mol. The summed E-state index contributed by atoms with van der Waals surface area (Å²) in [7, 11) is 14.9. The van der Waals surface area contributed by atoms with Crippen LogP contribution in [0.2, 0.25) is 10.0 Å². The van der Waals surface area contributed by atoms with Gasteiger partial charge in [-0.15, -0.1) is 0 Å². The number of aryl methyl sites for hydroxylation is 3. The number of benzene rings is 3. The van der Waals surface area contributed by atoms with Crippen LogP contribution >= 0.6 is 23.2 Å². The molecule has 3 aliphatic rings. The lowest BCUT2D eigenvalue weighted by atomic mass is 9.82. The number of nitrogens with zero attached hydrogens (tertiary/aromatic N) is 11.